The highest BCUT2D eigenvalue weighted by Crippen LogP contribution is 2.57. The molecule has 0 N–H and O–H groups in total. The molecule has 16 rings (SSSR count). The molecule has 354 valence electrons. The van der Waals surface area contributed by atoms with E-state index in [1.54, 1.807) is 11.1 Å². The molecule has 4 aliphatic carbocycles. The summed E-state index contributed by atoms with van der Waals surface area (Å²) in [6.07, 6.45) is 19.0. The van der Waals surface area contributed by atoms with E-state index in [2.05, 4.69) is 176 Å². The van der Waals surface area contributed by atoms with Crippen molar-refractivity contribution in [3.63, 3.8) is 0 Å². The second-order valence-electron chi connectivity index (χ2n) is 24.8. The Morgan fingerprint density at radius 3 is 1.96 bits per heavy atom. The van der Waals surface area contributed by atoms with Gasteiger partial charge in [0.05, 0.1) is 5.69 Å². The molecule has 4 heteroatoms. The number of para-hydroxylation sites is 1. The minimum Gasteiger partial charge on any atom is -0.456 e. The smallest absolute Gasteiger partial charge is 0.333 e. The SMILES string of the molecule is CC(C)(C)c1ccc(N2c3cc4c(cc3B3c5c2cc2ccccc2c5-c2cc(C56CCCC(CCC5)C6)cc5c6cc(C78CCCC(CCC7)C8)ccc6n3c25)oc2ccccc24)c(-c2ccccc2)c1. The summed E-state index contributed by atoms with van der Waals surface area (Å²) in [6.45, 7) is 6.95. The molecule has 72 heavy (non-hydrogen) atoms. The molecular weight excluding hydrogens is 872 g/mol. The van der Waals surface area contributed by atoms with E-state index < -0.39 is 0 Å². The molecule has 0 radical (unpaired) electrons. The zero-order valence-electron chi connectivity index (χ0n) is 42.3. The first-order valence-electron chi connectivity index (χ1n) is 27.9. The minimum atomic E-state index is -0.0829. The number of hydrogen-bond acceptors (Lipinski definition) is 2. The molecule has 0 atom stereocenters. The van der Waals surface area contributed by atoms with Gasteiger partial charge in [0.2, 0.25) is 0 Å². The van der Waals surface area contributed by atoms with Gasteiger partial charge in [0.1, 0.15) is 11.2 Å². The zero-order chi connectivity index (χ0) is 47.7. The number of benzene rings is 8. The molecule has 2 aliphatic heterocycles. The highest BCUT2D eigenvalue weighted by atomic mass is 16.3. The summed E-state index contributed by atoms with van der Waals surface area (Å²) in [7, 11) is 0. The van der Waals surface area contributed by atoms with Gasteiger partial charge in [-0.3, -0.25) is 0 Å². The second-order valence-corrected chi connectivity index (χ2v) is 24.8. The fourth-order valence-electron chi connectivity index (χ4n) is 16.6. The number of hydrogen-bond donors (Lipinski definition) is 0. The first kappa shape index (κ1) is 42.0. The number of rotatable bonds is 4. The summed E-state index contributed by atoms with van der Waals surface area (Å²) in [5, 5.41) is 7.91. The molecule has 4 fully saturated rings. The van der Waals surface area contributed by atoms with Crippen LogP contribution >= 0.6 is 0 Å². The fourth-order valence-corrected chi connectivity index (χ4v) is 16.6. The van der Waals surface area contributed by atoms with Gasteiger partial charge in [0.25, 0.3) is 0 Å². The standard InChI is InChI=1S/C68H63BN2O/c1-66(2,3)46-25-27-57(51(34-46)44-19-5-4-6-20-44)70-59-38-53-50-23-9-10-24-61(50)72-62(53)39-56(59)69-64-60(70)33-45-21-7-8-22-49(45)63(64)55-37-48(68-31-13-17-43(41-68)18-14-32-68)36-54-52-35-47(26-28-58(52)71(69)65(54)55)67-29-11-15-42(40-67)16-12-30-67/h4-10,19-28,33-39,42-43H,11-18,29-32,40-41H2,1-3H3. The van der Waals surface area contributed by atoms with Crippen LogP contribution in [-0.4, -0.2) is 11.3 Å². The maximum atomic E-state index is 6.93. The summed E-state index contributed by atoms with van der Waals surface area (Å²) >= 11 is 0. The Balaban J connectivity index is 1.06. The highest BCUT2D eigenvalue weighted by molar-refractivity contribution is 6.90. The first-order valence-corrected chi connectivity index (χ1v) is 27.9. The molecule has 4 heterocycles. The Bertz CT molecular complexity index is 3900. The van der Waals surface area contributed by atoms with Crippen molar-refractivity contribution >= 4 is 89.4 Å². The van der Waals surface area contributed by atoms with Crippen molar-refractivity contribution < 1.29 is 4.42 Å². The van der Waals surface area contributed by atoms with Crippen LogP contribution in [-0.2, 0) is 16.2 Å². The first-order chi connectivity index (χ1) is 35.2. The van der Waals surface area contributed by atoms with Crippen molar-refractivity contribution in [3.8, 4) is 22.3 Å². The summed E-state index contributed by atoms with van der Waals surface area (Å²) in [5.41, 5.74) is 21.5. The zero-order valence-corrected chi connectivity index (χ0v) is 42.3. The summed E-state index contributed by atoms with van der Waals surface area (Å²) in [6, 6.07) is 57.4. The average Bonchev–Trinajstić information content (AvgIpc) is 3.94. The van der Waals surface area contributed by atoms with Gasteiger partial charge in [-0.1, -0.05) is 157 Å². The van der Waals surface area contributed by atoms with Gasteiger partial charge in [-0.25, -0.2) is 0 Å². The van der Waals surface area contributed by atoms with Crippen LogP contribution in [0.3, 0.4) is 0 Å². The van der Waals surface area contributed by atoms with Gasteiger partial charge >= 0.3 is 6.85 Å². The Morgan fingerprint density at radius 1 is 0.528 bits per heavy atom. The molecule has 6 aliphatic rings. The monoisotopic (exact) mass is 935 g/mol. The number of fused-ring (bicyclic) bond motifs is 16. The van der Waals surface area contributed by atoms with E-state index in [-0.39, 0.29) is 17.7 Å². The quantitative estimate of drug-likeness (QED) is 0.164. The topological polar surface area (TPSA) is 21.3 Å². The van der Waals surface area contributed by atoms with E-state index in [9.17, 15) is 0 Å². The van der Waals surface area contributed by atoms with Gasteiger partial charge in [-0.05, 0) is 177 Å². The molecule has 0 amide bonds. The van der Waals surface area contributed by atoms with Crippen LogP contribution in [0.2, 0.25) is 0 Å². The van der Waals surface area contributed by atoms with Crippen LogP contribution < -0.4 is 15.8 Å². The lowest BCUT2D eigenvalue weighted by Crippen LogP contribution is -2.56. The lowest BCUT2D eigenvalue weighted by Gasteiger charge is -2.46. The molecule has 4 saturated carbocycles. The van der Waals surface area contributed by atoms with E-state index in [1.807, 2.05) is 0 Å². The van der Waals surface area contributed by atoms with Crippen molar-refractivity contribution in [2.45, 2.75) is 127 Å². The van der Waals surface area contributed by atoms with Crippen LogP contribution in [0.15, 0.2) is 150 Å². The maximum absolute atomic E-state index is 6.93. The lowest BCUT2D eigenvalue weighted by atomic mass is 9.44. The van der Waals surface area contributed by atoms with Gasteiger partial charge in [-0.2, -0.15) is 0 Å². The molecule has 10 aromatic rings. The molecular formula is C68H63BN2O. The van der Waals surface area contributed by atoms with E-state index in [4.69, 9.17) is 4.42 Å². The van der Waals surface area contributed by atoms with Crippen molar-refractivity contribution in [2.75, 3.05) is 4.90 Å². The van der Waals surface area contributed by atoms with Gasteiger partial charge in [0, 0.05) is 55.1 Å². The third-order valence-electron chi connectivity index (χ3n) is 19.9. The fraction of sp³-hybridized carbons (Fsp3) is 0.324. The lowest BCUT2D eigenvalue weighted by molar-refractivity contribution is 0.149. The summed E-state index contributed by atoms with van der Waals surface area (Å²) in [5.74, 6) is 1.72. The van der Waals surface area contributed by atoms with Gasteiger partial charge in [-0.15, -0.1) is 0 Å². The second kappa shape index (κ2) is 15.0. The van der Waals surface area contributed by atoms with Crippen LogP contribution in [0.4, 0.5) is 17.1 Å². The van der Waals surface area contributed by atoms with E-state index >= 15 is 0 Å². The Hall–Kier alpha value is -6.52. The van der Waals surface area contributed by atoms with Gasteiger partial charge in [0.15, 0.2) is 0 Å². The molecule has 0 saturated heterocycles. The van der Waals surface area contributed by atoms with Crippen molar-refractivity contribution in [2.24, 2.45) is 11.8 Å². The van der Waals surface area contributed by atoms with Crippen LogP contribution in [0.1, 0.15) is 127 Å². The van der Waals surface area contributed by atoms with Crippen molar-refractivity contribution in [1.82, 2.24) is 4.48 Å². The van der Waals surface area contributed by atoms with Crippen molar-refractivity contribution in [1.29, 1.82) is 0 Å². The summed E-state index contributed by atoms with van der Waals surface area (Å²) in [4.78, 5) is 2.68. The summed E-state index contributed by atoms with van der Waals surface area (Å²) < 4.78 is 9.77. The number of anilines is 3. The normalized spacial score (nSPS) is 23.3. The van der Waals surface area contributed by atoms with E-state index in [0.717, 1.165) is 33.8 Å². The van der Waals surface area contributed by atoms with Crippen LogP contribution in [0.25, 0.3) is 76.8 Å². The Kier molecular flexibility index (Phi) is 8.78. The predicted octanol–water partition coefficient (Wildman–Crippen LogP) is 17.5. The van der Waals surface area contributed by atoms with Gasteiger partial charge < -0.3 is 13.8 Å². The van der Waals surface area contributed by atoms with Crippen LogP contribution in [0, 0.1) is 11.8 Å². The molecule has 0 spiro atoms. The molecule has 2 aromatic heterocycles. The number of nitrogens with zero attached hydrogens (tertiary/aromatic N) is 2. The highest BCUT2D eigenvalue weighted by Gasteiger charge is 2.47. The third kappa shape index (κ3) is 5.87. The molecule has 3 nitrogen and oxygen atoms in total. The molecule has 8 aromatic carbocycles. The third-order valence-corrected chi connectivity index (χ3v) is 19.9. The maximum Gasteiger partial charge on any atom is 0.333 e. The number of aromatic nitrogens is 1. The largest absolute Gasteiger partial charge is 0.456 e. The van der Waals surface area contributed by atoms with Crippen molar-refractivity contribution in [3.05, 3.63) is 162 Å². The Morgan fingerprint density at radius 2 is 1.21 bits per heavy atom. The average molecular weight is 935 g/mol. The molecule has 0 unspecified atom stereocenters. The number of furan rings is 1. The Labute approximate surface area is 424 Å². The van der Waals surface area contributed by atoms with E-state index in [0.29, 0.717) is 5.41 Å². The molecule has 4 bridgehead atoms. The minimum absolute atomic E-state index is 0.0232. The predicted molar refractivity (Wildman–Crippen MR) is 304 cm³/mol. The van der Waals surface area contributed by atoms with E-state index in [1.165, 1.54) is 178 Å². The van der Waals surface area contributed by atoms with Crippen LogP contribution in [0.5, 0.6) is 0 Å².